The van der Waals surface area contributed by atoms with Crippen molar-refractivity contribution in [1.82, 2.24) is 5.32 Å². The van der Waals surface area contributed by atoms with Crippen LogP contribution in [0.2, 0.25) is 0 Å². The number of furan rings is 1. The number of carbonyl (C=O) groups excluding carboxylic acids is 1. The molecule has 0 aliphatic carbocycles. The second-order valence-corrected chi connectivity index (χ2v) is 4.72. The first-order chi connectivity index (χ1) is 7.58. The lowest BCUT2D eigenvalue weighted by atomic mass is 9.95. The summed E-state index contributed by atoms with van der Waals surface area (Å²) in [5, 5.41) is 2.96. The molecule has 0 saturated carbocycles. The summed E-state index contributed by atoms with van der Waals surface area (Å²) in [5.74, 6) is 0.720. The summed E-state index contributed by atoms with van der Waals surface area (Å²) in [6.07, 6.45) is 2.14. The molecule has 0 aliphatic heterocycles. The number of nitrogens with one attached hydrogen (secondary N) is 1. The van der Waals surface area contributed by atoms with Gasteiger partial charge in [0.25, 0.3) is 5.91 Å². The second-order valence-electron chi connectivity index (χ2n) is 3.94. The van der Waals surface area contributed by atoms with Crippen LogP contribution in [-0.4, -0.2) is 11.9 Å². The van der Waals surface area contributed by atoms with Crippen LogP contribution in [0.3, 0.4) is 0 Å². The fourth-order valence-electron chi connectivity index (χ4n) is 1.83. The first kappa shape index (κ1) is 13.3. The number of amides is 1. The Hall–Kier alpha value is -0.770. The molecule has 0 saturated heterocycles. The van der Waals surface area contributed by atoms with Crippen LogP contribution in [0.15, 0.2) is 21.2 Å². The molecule has 1 aromatic heterocycles. The predicted molar refractivity (Wildman–Crippen MR) is 67.4 cm³/mol. The Morgan fingerprint density at radius 2 is 2.06 bits per heavy atom. The van der Waals surface area contributed by atoms with Gasteiger partial charge in [-0.15, -0.1) is 0 Å². The number of rotatable bonds is 5. The van der Waals surface area contributed by atoms with Gasteiger partial charge < -0.3 is 9.73 Å². The van der Waals surface area contributed by atoms with Crippen LogP contribution in [0.4, 0.5) is 0 Å². The summed E-state index contributed by atoms with van der Waals surface area (Å²) in [5.41, 5.74) is 0. The molecule has 0 fully saturated rings. The van der Waals surface area contributed by atoms with E-state index in [1.54, 1.807) is 12.1 Å². The highest BCUT2D eigenvalue weighted by Gasteiger charge is 2.18. The van der Waals surface area contributed by atoms with Gasteiger partial charge in [0.15, 0.2) is 10.4 Å². The smallest absolute Gasteiger partial charge is 0.287 e. The molecule has 0 spiro atoms. The Balaban J connectivity index is 2.57. The number of halogens is 1. The molecule has 1 rings (SSSR count). The monoisotopic (exact) mass is 287 g/mol. The van der Waals surface area contributed by atoms with Gasteiger partial charge in [0, 0.05) is 6.04 Å². The minimum absolute atomic E-state index is 0.148. The van der Waals surface area contributed by atoms with Crippen molar-refractivity contribution in [2.24, 2.45) is 5.92 Å². The molecular formula is C12H18BrNO2. The van der Waals surface area contributed by atoms with Crippen LogP contribution in [0, 0.1) is 5.92 Å². The maximum absolute atomic E-state index is 11.8. The standard InChI is InChI=1S/C12H18BrNO2/c1-4-9(5-2)8(3)14-12(15)10-6-7-11(13)16-10/h6-9H,4-5H2,1-3H3,(H,14,15). The summed E-state index contributed by atoms with van der Waals surface area (Å²) in [7, 11) is 0. The number of hydrogen-bond donors (Lipinski definition) is 1. The average Bonchev–Trinajstić information content (AvgIpc) is 2.66. The lowest BCUT2D eigenvalue weighted by molar-refractivity contribution is 0.0895. The van der Waals surface area contributed by atoms with Crippen LogP contribution >= 0.6 is 15.9 Å². The quantitative estimate of drug-likeness (QED) is 0.899. The maximum Gasteiger partial charge on any atom is 0.287 e. The van der Waals surface area contributed by atoms with E-state index < -0.39 is 0 Å². The largest absolute Gasteiger partial charge is 0.444 e. The number of hydrogen-bond acceptors (Lipinski definition) is 2. The molecule has 0 aromatic carbocycles. The van der Waals surface area contributed by atoms with Gasteiger partial charge in [-0.05, 0) is 40.9 Å². The van der Waals surface area contributed by atoms with E-state index in [0.29, 0.717) is 16.3 Å². The Morgan fingerprint density at radius 1 is 1.44 bits per heavy atom. The predicted octanol–water partition coefficient (Wildman–Crippen LogP) is 3.60. The van der Waals surface area contributed by atoms with Crippen LogP contribution in [0.25, 0.3) is 0 Å². The molecule has 1 N–H and O–H groups in total. The van der Waals surface area contributed by atoms with Crippen molar-refractivity contribution in [3.05, 3.63) is 22.6 Å². The third-order valence-electron chi connectivity index (χ3n) is 2.91. The zero-order valence-corrected chi connectivity index (χ0v) is 11.5. The SMILES string of the molecule is CCC(CC)C(C)NC(=O)c1ccc(Br)o1. The molecule has 1 heterocycles. The summed E-state index contributed by atoms with van der Waals surface area (Å²) in [4.78, 5) is 11.8. The van der Waals surface area contributed by atoms with Crippen LogP contribution < -0.4 is 5.32 Å². The normalized spacial score (nSPS) is 12.8. The van der Waals surface area contributed by atoms with Crippen molar-refractivity contribution < 1.29 is 9.21 Å². The molecule has 0 radical (unpaired) electrons. The van der Waals surface area contributed by atoms with Crippen molar-refractivity contribution in [2.75, 3.05) is 0 Å². The molecule has 1 unspecified atom stereocenters. The minimum atomic E-state index is -0.148. The van der Waals surface area contributed by atoms with Gasteiger partial charge in [0.05, 0.1) is 0 Å². The molecule has 3 nitrogen and oxygen atoms in total. The van der Waals surface area contributed by atoms with Gasteiger partial charge in [-0.3, -0.25) is 4.79 Å². The van der Waals surface area contributed by atoms with E-state index in [4.69, 9.17) is 4.42 Å². The zero-order chi connectivity index (χ0) is 12.1. The van der Waals surface area contributed by atoms with Crippen LogP contribution in [0.1, 0.15) is 44.2 Å². The summed E-state index contributed by atoms with van der Waals surface area (Å²) in [6, 6.07) is 3.56. The highest BCUT2D eigenvalue weighted by atomic mass is 79.9. The minimum Gasteiger partial charge on any atom is -0.444 e. The van der Waals surface area contributed by atoms with Crippen molar-refractivity contribution in [3.63, 3.8) is 0 Å². The van der Waals surface area contributed by atoms with Gasteiger partial charge in [0.2, 0.25) is 0 Å². The summed E-state index contributed by atoms with van der Waals surface area (Å²) in [6.45, 7) is 6.31. The third-order valence-corrected chi connectivity index (χ3v) is 3.34. The average molecular weight is 288 g/mol. The van der Waals surface area contributed by atoms with Gasteiger partial charge in [-0.1, -0.05) is 26.7 Å². The Kier molecular flexibility index (Phi) is 5.06. The molecule has 0 aliphatic rings. The maximum atomic E-state index is 11.8. The molecule has 1 atom stereocenters. The van der Waals surface area contributed by atoms with Crippen molar-refractivity contribution in [2.45, 2.75) is 39.7 Å². The van der Waals surface area contributed by atoms with Crippen LogP contribution in [-0.2, 0) is 0 Å². The highest BCUT2D eigenvalue weighted by molar-refractivity contribution is 9.10. The van der Waals surface area contributed by atoms with E-state index in [9.17, 15) is 4.79 Å². The van der Waals surface area contributed by atoms with Gasteiger partial charge >= 0.3 is 0 Å². The molecule has 16 heavy (non-hydrogen) atoms. The van der Waals surface area contributed by atoms with Crippen molar-refractivity contribution in [1.29, 1.82) is 0 Å². The van der Waals surface area contributed by atoms with E-state index in [0.717, 1.165) is 12.8 Å². The van der Waals surface area contributed by atoms with Gasteiger partial charge in [-0.2, -0.15) is 0 Å². The number of carbonyl (C=O) groups is 1. The van der Waals surface area contributed by atoms with E-state index in [2.05, 4.69) is 35.1 Å². The van der Waals surface area contributed by atoms with Gasteiger partial charge in [-0.25, -0.2) is 0 Å². The van der Waals surface area contributed by atoms with E-state index >= 15 is 0 Å². The van der Waals surface area contributed by atoms with E-state index in [1.807, 2.05) is 6.92 Å². The first-order valence-electron chi connectivity index (χ1n) is 5.64. The van der Waals surface area contributed by atoms with Gasteiger partial charge in [0.1, 0.15) is 0 Å². The molecule has 4 heteroatoms. The van der Waals surface area contributed by atoms with Crippen molar-refractivity contribution in [3.8, 4) is 0 Å². The second kappa shape index (κ2) is 6.09. The molecule has 1 aromatic rings. The molecular weight excluding hydrogens is 270 g/mol. The van der Waals surface area contributed by atoms with E-state index in [1.165, 1.54) is 0 Å². The molecule has 0 bridgehead atoms. The Labute approximate surface area is 105 Å². The van der Waals surface area contributed by atoms with Crippen LogP contribution in [0.5, 0.6) is 0 Å². The lowest BCUT2D eigenvalue weighted by Crippen LogP contribution is -2.37. The van der Waals surface area contributed by atoms with Crippen molar-refractivity contribution >= 4 is 21.8 Å². The molecule has 90 valence electrons. The first-order valence-corrected chi connectivity index (χ1v) is 6.44. The fourth-order valence-corrected chi connectivity index (χ4v) is 2.13. The summed E-state index contributed by atoms with van der Waals surface area (Å²) >= 11 is 3.18. The lowest BCUT2D eigenvalue weighted by Gasteiger charge is -2.21. The fraction of sp³-hybridized carbons (Fsp3) is 0.583. The Morgan fingerprint density at radius 3 is 2.50 bits per heavy atom. The molecule has 1 amide bonds. The Bertz CT molecular complexity index is 345. The third kappa shape index (κ3) is 3.37. The summed E-state index contributed by atoms with van der Waals surface area (Å²) < 4.78 is 5.77. The topological polar surface area (TPSA) is 42.2 Å². The zero-order valence-electron chi connectivity index (χ0n) is 9.92. The van der Waals surface area contributed by atoms with E-state index in [-0.39, 0.29) is 11.9 Å². The highest BCUT2D eigenvalue weighted by Crippen LogP contribution is 2.16.